The van der Waals surface area contributed by atoms with Gasteiger partial charge < -0.3 is 9.15 Å². The van der Waals surface area contributed by atoms with Crippen molar-refractivity contribution >= 4 is 0 Å². The molecule has 3 nitrogen and oxygen atoms in total. The van der Waals surface area contributed by atoms with Gasteiger partial charge in [0, 0.05) is 6.42 Å². The predicted molar refractivity (Wildman–Crippen MR) is 66.2 cm³/mol. The maximum atomic E-state index is 5.75. The average molecular weight is 231 g/mol. The fourth-order valence-electron chi connectivity index (χ4n) is 1.66. The van der Waals surface area contributed by atoms with Gasteiger partial charge in [-0.25, -0.2) is 4.98 Å². The summed E-state index contributed by atoms with van der Waals surface area (Å²) in [5.74, 6) is 1.74. The first-order valence-electron chi connectivity index (χ1n) is 5.85. The largest absolute Gasteiger partial charge is 0.493 e. The van der Waals surface area contributed by atoms with Gasteiger partial charge >= 0.3 is 0 Å². The van der Waals surface area contributed by atoms with Gasteiger partial charge in [-0.1, -0.05) is 12.1 Å². The molecule has 17 heavy (non-hydrogen) atoms. The van der Waals surface area contributed by atoms with E-state index in [4.69, 9.17) is 9.15 Å². The summed E-state index contributed by atoms with van der Waals surface area (Å²) in [6.45, 7) is 4.86. The van der Waals surface area contributed by atoms with E-state index in [1.807, 2.05) is 12.1 Å². The third kappa shape index (κ3) is 3.09. The summed E-state index contributed by atoms with van der Waals surface area (Å²) in [4.78, 5) is 4.07. The van der Waals surface area contributed by atoms with Crippen LogP contribution < -0.4 is 4.74 Å². The lowest BCUT2D eigenvalue weighted by molar-refractivity contribution is 0.303. The molecule has 0 N–H and O–H groups in total. The van der Waals surface area contributed by atoms with Crippen LogP contribution >= 0.6 is 0 Å². The SMILES string of the molecule is Cc1cccc(OCCCc2ncco2)c1C. The Morgan fingerprint density at radius 3 is 2.94 bits per heavy atom. The van der Waals surface area contributed by atoms with Gasteiger partial charge in [-0.15, -0.1) is 0 Å². The second kappa shape index (κ2) is 5.53. The molecule has 2 aromatic rings. The van der Waals surface area contributed by atoms with Crippen molar-refractivity contribution in [2.45, 2.75) is 26.7 Å². The highest BCUT2D eigenvalue weighted by atomic mass is 16.5. The first-order valence-corrected chi connectivity index (χ1v) is 5.85. The number of hydrogen-bond acceptors (Lipinski definition) is 3. The molecule has 0 aliphatic rings. The fraction of sp³-hybridized carbons (Fsp3) is 0.357. The van der Waals surface area contributed by atoms with E-state index in [-0.39, 0.29) is 0 Å². The minimum atomic E-state index is 0.687. The topological polar surface area (TPSA) is 35.3 Å². The molecule has 0 bridgehead atoms. The van der Waals surface area contributed by atoms with Crippen LogP contribution in [0.15, 0.2) is 35.1 Å². The van der Waals surface area contributed by atoms with E-state index in [0.717, 1.165) is 24.5 Å². The van der Waals surface area contributed by atoms with Crippen LogP contribution in [-0.2, 0) is 6.42 Å². The van der Waals surface area contributed by atoms with Crippen molar-refractivity contribution in [1.29, 1.82) is 0 Å². The second-order valence-corrected chi connectivity index (χ2v) is 4.08. The molecule has 0 saturated heterocycles. The Morgan fingerprint density at radius 1 is 1.29 bits per heavy atom. The molecule has 3 heteroatoms. The van der Waals surface area contributed by atoms with Gasteiger partial charge in [-0.2, -0.15) is 0 Å². The van der Waals surface area contributed by atoms with Crippen LogP contribution in [0.25, 0.3) is 0 Å². The van der Waals surface area contributed by atoms with E-state index in [0.29, 0.717) is 6.61 Å². The molecule has 1 heterocycles. The standard InChI is InChI=1S/C14H17NO2/c1-11-5-3-6-13(12(11)2)16-9-4-7-14-15-8-10-17-14/h3,5-6,8,10H,4,7,9H2,1-2H3. The first-order chi connectivity index (χ1) is 8.27. The van der Waals surface area contributed by atoms with Crippen LogP contribution in [0.5, 0.6) is 5.75 Å². The van der Waals surface area contributed by atoms with Gasteiger partial charge in [0.15, 0.2) is 5.89 Å². The molecule has 0 unspecified atom stereocenters. The normalized spacial score (nSPS) is 10.5. The van der Waals surface area contributed by atoms with Crippen molar-refractivity contribution in [3.8, 4) is 5.75 Å². The molecule has 1 aromatic heterocycles. The number of aryl methyl sites for hydroxylation is 2. The molecule has 0 aliphatic carbocycles. The lowest BCUT2D eigenvalue weighted by Gasteiger charge is -2.10. The summed E-state index contributed by atoms with van der Waals surface area (Å²) in [5.41, 5.74) is 2.47. The van der Waals surface area contributed by atoms with E-state index in [9.17, 15) is 0 Å². The summed E-state index contributed by atoms with van der Waals surface area (Å²) < 4.78 is 10.9. The molecule has 0 aliphatic heterocycles. The van der Waals surface area contributed by atoms with Crippen molar-refractivity contribution in [2.24, 2.45) is 0 Å². The number of oxazole rings is 1. The van der Waals surface area contributed by atoms with E-state index >= 15 is 0 Å². The zero-order chi connectivity index (χ0) is 12.1. The predicted octanol–water partition coefficient (Wildman–Crippen LogP) is 3.30. The Morgan fingerprint density at radius 2 is 2.18 bits per heavy atom. The fourth-order valence-corrected chi connectivity index (χ4v) is 1.66. The van der Waals surface area contributed by atoms with E-state index in [2.05, 4.69) is 24.9 Å². The maximum absolute atomic E-state index is 5.75. The average Bonchev–Trinajstić information content (AvgIpc) is 2.83. The Kier molecular flexibility index (Phi) is 3.81. The quantitative estimate of drug-likeness (QED) is 0.740. The smallest absolute Gasteiger partial charge is 0.194 e. The van der Waals surface area contributed by atoms with Crippen molar-refractivity contribution in [3.63, 3.8) is 0 Å². The highest BCUT2D eigenvalue weighted by Crippen LogP contribution is 2.20. The van der Waals surface area contributed by atoms with Gasteiger partial charge in [0.2, 0.25) is 0 Å². The Bertz CT molecular complexity index is 463. The molecule has 1 aromatic carbocycles. The number of benzene rings is 1. The number of aromatic nitrogens is 1. The monoisotopic (exact) mass is 231 g/mol. The summed E-state index contributed by atoms with van der Waals surface area (Å²) in [6.07, 6.45) is 4.99. The summed E-state index contributed by atoms with van der Waals surface area (Å²) in [5, 5.41) is 0. The number of hydrogen-bond donors (Lipinski definition) is 0. The molecule has 0 atom stereocenters. The van der Waals surface area contributed by atoms with Crippen LogP contribution in [-0.4, -0.2) is 11.6 Å². The zero-order valence-corrected chi connectivity index (χ0v) is 10.3. The number of rotatable bonds is 5. The number of nitrogens with zero attached hydrogens (tertiary/aromatic N) is 1. The Labute approximate surface area is 101 Å². The second-order valence-electron chi connectivity index (χ2n) is 4.08. The molecule has 90 valence electrons. The highest BCUT2D eigenvalue weighted by Gasteiger charge is 2.02. The van der Waals surface area contributed by atoms with Gasteiger partial charge in [-0.3, -0.25) is 0 Å². The lowest BCUT2D eigenvalue weighted by atomic mass is 10.1. The molecule has 0 radical (unpaired) electrons. The van der Waals surface area contributed by atoms with Gasteiger partial charge in [0.05, 0.1) is 12.8 Å². The van der Waals surface area contributed by atoms with E-state index in [1.165, 1.54) is 11.1 Å². The van der Waals surface area contributed by atoms with Gasteiger partial charge in [0.25, 0.3) is 0 Å². The summed E-state index contributed by atoms with van der Waals surface area (Å²) in [7, 11) is 0. The van der Waals surface area contributed by atoms with Crippen LogP contribution in [0.3, 0.4) is 0 Å². The van der Waals surface area contributed by atoms with Crippen LogP contribution in [0, 0.1) is 13.8 Å². The molecule has 2 rings (SSSR count). The Hall–Kier alpha value is -1.77. The van der Waals surface area contributed by atoms with E-state index in [1.54, 1.807) is 12.5 Å². The maximum Gasteiger partial charge on any atom is 0.194 e. The minimum Gasteiger partial charge on any atom is -0.493 e. The van der Waals surface area contributed by atoms with Crippen LogP contribution in [0.4, 0.5) is 0 Å². The molecule has 0 saturated carbocycles. The van der Waals surface area contributed by atoms with Crippen LogP contribution in [0.1, 0.15) is 23.4 Å². The van der Waals surface area contributed by atoms with Gasteiger partial charge in [0.1, 0.15) is 12.0 Å². The van der Waals surface area contributed by atoms with Crippen molar-refractivity contribution in [2.75, 3.05) is 6.61 Å². The lowest BCUT2D eigenvalue weighted by Crippen LogP contribution is -2.01. The van der Waals surface area contributed by atoms with E-state index < -0.39 is 0 Å². The Balaban J connectivity index is 1.80. The van der Waals surface area contributed by atoms with Crippen molar-refractivity contribution in [1.82, 2.24) is 4.98 Å². The molecule has 0 fully saturated rings. The molecule has 0 spiro atoms. The minimum absolute atomic E-state index is 0.687. The van der Waals surface area contributed by atoms with Gasteiger partial charge in [-0.05, 0) is 37.5 Å². The molecular formula is C14H17NO2. The van der Waals surface area contributed by atoms with Crippen LogP contribution in [0.2, 0.25) is 0 Å². The van der Waals surface area contributed by atoms with Crippen molar-refractivity contribution < 1.29 is 9.15 Å². The molecule has 0 amide bonds. The third-order valence-electron chi connectivity index (χ3n) is 2.83. The summed E-state index contributed by atoms with van der Waals surface area (Å²) in [6, 6.07) is 6.12. The zero-order valence-electron chi connectivity index (χ0n) is 10.3. The summed E-state index contributed by atoms with van der Waals surface area (Å²) >= 11 is 0. The first kappa shape index (κ1) is 11.7. The number of ether oxygens (including phenoxy) is 1. The molecular weight excluding hydrogens is 214 g/mol. The third-order valence-corrected chi connectivity index (χ3v) is 2.83. The van der Waals surface area contributed by atoms with Crippen molar-refractivity contribution in [3.05, 3.63) is 47.7 Å². The highest BCUT2D eigenvalue weighted by molar-refractivity contribution is 5.38.